The Labute approximate surface area is 188 Å². The van der Waals surface area contributed by atoms with E-state index in [9.17, 15) is 18.0 Å². The van der Waals surface area contributed by atoms with Crippen molar-refractivity contribution in [2.24, 2.45) is 0 Å². The number of halogens is 1. The number of aryl methyl sites for hydroxylation is 1. The van der Waals surface area contributed by atoms with Gasteiger partial charge >= 0.3 is 5.97 Å². The lowest BCUT2D eigenvalue weighted by Crippen LogP contribution is -2.20. The molecule has 1 aliphatic rings. The monoisotopic (exact) mass is 478 g/mol. The Hall–Kier alpha value is -2.49. The molecular weight excluding hydrogens is 460 g/mol. The average molecular weight is 479 g/mol. The zero-order valence-electron chi connectivity index (χ0n) is 16.8. The fraction of sp³-hybridized carbons (Fsp3) is 0.286. The number of nitrogens with one attached hydrogen (secondary N) is 1. The second kappa shape index (κ2) is 8.22. The molecule has 4 rings (SSSR count). The maximum absolute atomic E-state index is 13.1. The van der Waals surface area contributed by atoms with Crippen LogP contribution in [-0.2, 0) is 26.7 Å². The molecule has 31 heavy (non-hydrogen) atoms. The number of nitrogens with zero attached hydrogens (tertiary/aromatic N) is 1. The Morgan fingerprint density at radius 1 is 1.29 bits per heavy atom. The molecule has 0 spiro atoms. The predicted octanol–water partition coefficient (Wildman–Crippen LogP) is 4.16. The number of hydrogen-bond acceptors (Lipinski definition) is 7. The lowest BCUT2D eigenvalue weighted by molar-refractivity contribution is 0.0527. The van der Waals surface area contributed by atoms with Crippen LogP contribution in [-0.4, -0.2) is 37.6 Å². The fourth-order valence-corrected chi connectivity index (χ4v) is 6.79. The SMILES string of the molecule is CCOC(=O)c1c(NC(=O)c2cc3cc(Cl)ccc3nc2C)sc2c1CCS(=O)(=O)C2. The number of esters is 1. The summed E-state index contributed by atoms with van der Waals surface area (Å²) in [4.78, 5) is 30.7. The first-order valence-corrected chi connectivity index (χ1v) is 12.6. The maximum atomic E-state index is 13.1. The number of aromatic nitrogens is 1. The molecule has 0 bridgehead atoms. The number of hydrogen-bond donors (Lipinski definition) is 1. The normalized spacial score (nSPS) is 14.8. The molecule has 7 nitrogen and oxygen atoms in total. The van der Waals surface area contributed by atoms with Crippen LogP contribution in [0.1, 0.15) is 43.8 Å². The second-order valence-corrected chi connectivity index (χ2v) is 10.9. The van der Waals surface area contributed by atoms with Gasteiger partial charge in [0.05, 0.1) is 40.5 Å². The highest BCUT2D eigenvalue weighted by Crippen LogP contribution is 2.38. The van der Waals surface area contributed by atoms with Gasteiger partial charge in [0.15, 0.2) is 9.84 Å². The molecule has 1 amide bonds. The van der Waals surface area contributed by atoms with Gasteiger partial charge in [0.25, 0.3) is 5.91 Å². The van der Waals surface area contributed by atoms with Crippen molar-refractivity contribution >= 4 is 60.6 Å². The first kappa shape index (κ1) is 21.7. The van der Waals surface area contributed by atoms with Gasteiger partial charge in [-0.3, -0.25) is 9.78 Å². The minimum atomic E-state index is -3.23. The van der Waals surface area contributed by atoms with E-state index in [1.807, 2.05) is 0 Å². The number of anilines is 1. The minimum absolute atomic E-state index is 0.0367. The molecular formula is C21H19ClN2O5S2. The van der Waals surface area contributed by atoms with Crippen LogP contribution >= 0.6 is 22.9 Å². The van der Waals surface area contributed by atoms with Crippen molar-refractivity contribution in [3.05, 3.63) is 56.5 Å². The van der Waals surface area contributed by atoms with E-state index < -0.39 is 21.7 Å². The van der Waals surface area contributed by atoms with E-state index in [4.69, 9.17) is 16.3 Å². The summed E-state index contributed by atoms with van der Waals surface area (Å²) in [6.45, 7) is 3.58. The van der Waals surface area contributed by atoms with Gasteiger partial charge in [0, 0.05) is 15.3 Å². The van der Waals surface area contributed by atoms with E-state index in [0.717, 1.165) is 11.3 Å². The molecule has 1 aliphatic heterocycles. The summed E-state index contributed by atoms with van der Waals surface area (Å²) in [6, 6.07) is 6.92. The van der Waals surface area contributed by atoms with E-state index >= 15 is 0 Å². The number of amides is 1. The van der Waals surface area contributed by atoms with Crippen LogP contribution in [0.15, 0.2) is 24.3 Å². The number of carbonyl (C=O) groups excluding carboxylic acids is 2. The van der Waals surface area contributed by atoms with Gasteiger partial charge in [-0.05, 0) is 50.1 Å². The molecule has 2 aromatic heterocycles. The Balaban J connectivity index is 1.74. The van der Waals surface area contributed by atoms with Crippen molar-refractivity contribution in [1.82, 2.24) is 4.98 Å². The number of benzene rings is 1. The average Bonchev–Trinajstić information content (AvgIpc) is 3.03. The van der Waals surface area contributed by atoms with Crippen LogP contribution in [0, 0.1) is 6.92 Å². The summed E-state index contributed by atoms with van der Waals surface area (Å²) in [5, 5.41) is 4.31. The third-order valence-corrected chi connectivity index (χ3v) is 8.14. The molecule has 0 atom stereocenters. The molecule has 162 valence electrons. The van der Waals surface area contributed by atoms with Crippen LogP contribution < -0.4 is 5.32 Å². The first-order chi connectivity index (χ1) is 14.7. The standard InChI is InChI=1S/C21H19ClN2O5S2/c1-3-29-21(26)18-14-6-7-31(27,28)10-17(14)30-20(18)24-19(25)15-9-12-8-13(22)4-5-16(12)23-11(15)2/h4-5,8-9H,3,6-7,10H2,1-2H3,(H,24,25). The van der Waals surface area contributed by atoms with Crippen molar-refractivity contribution in [1.29, 1.82) is 0 Å². The van der Waals surface area contributed by atoms with Gasteiger partial charge in [0.1, 0.15) is 5.00 Å². The summed E-state index contributed by atoms with van der Waals surface area (Å²) in [6.07, 6.45) is 0.216. The largest absolute Gasteiger partial charge is 0.462 e. The van der Waals surface area contributed by atoms with Gasteiger partial charge in [-0.25, -0.2) is 13.2 Å². The highest BCUT2D eigenvalue weighted by molar-refractivity contribution is 7.90. The van der Waals surface area contributed by atoms with Gasteiger partial charge in [0.2, 0.25) is 0 Å². The fourth-order valence-electron chi connectivity index (χ4n) is 3.57. The predicted molar refractivity (Wildman–Crippen MR) is 121 cm³/mol. The van der Waals surface area contributed by atoms with Crippen molar-refractivity contribution in [2.75, 3.05) is 17.7 Å². The number of carbonyl (C=O) groups is 2. The molecule has 0 unspecified atom stereocenters. The molecule has 0 radical (unpaired) electrons. The summed E-state index contributed by atoms with van der Waals surface area (Å²) in [5.41, 5.74) is 2.44. The number of ether oxygens (including phenoxy) is 1. The van der Waals surface area contributed by atoms with Crippen molar-refractivity contribution in [3.8, 4) is 0 Å². The van der Waals surface area contributed by atoms with Crippen LogP contribution in [0.25, 0.3) is 10.9 Å². The molecule has 10 heteroatoms. The number of fused-ring (bicyclic) bond motifs is 2. The van der Waals surface area contributed by atoms with Crippen LogP contribution in [0.3, 0.4) is 0 Å². The number of sulfone groups is 1. The smallest absolute Gasteiger partial charge is 0.341 e. The van der Waals surface area contributed by atoms with Crippen LogP contribution in [0.4, 0.5) is 5.00 Å². The Morgan fingerprint density at radius 3 is 2.81 bits per heavy atom. The van der Waals surface area contributed by atoms with Crippen molar-refractivity contribution < 1.29 is 22.7 Å². The van der Waals surface area contributed by atoms with Gasteiger partial charge in [-0.2, -0.15) is 0 Å². The quantitative estimate of drug-likeness (QED) is 0.565. The third-order valence-electron chi connectivity index (χ3n) is 5.02. The highest BCUT2D eigenvalue weighted by atomic mass is 35.5. The molecule has 3 aromatic rings. The molecule has 0 saturated heterocycles. The second-order valence-electron chi connectivity index (χ2n) is 7.18. The summed E-state index contributed by atoms with van der Waals surface area (Å²) < 4.78 is 29.3. The molecule has 0 fully saturated rings. The Morgan fingerprint density at radius 2 is 2.06 bits per heavy atom. The van der Waals surface area contributed by atoms with Crippen LogP contribution in [0.2, 0.25) is 5.02 Å². The van der Waals surface area contributed by atoms with E-state index in [2.05, 4.69) is 10.3 Å². The van der Waals surface area contributed by atoms with Crippen molar-refractivity contribution in [2.45, 2.75) is 26.0 Å². The van der Waals surface area contributed by atoms with Crippen molar-refractivity contribution in [3.63, 3.8) is 0 Å². The number of pyridine rings is 1. The third kappa shape index (κ3) is 4.30. The topological polar surface area (TPSA) is 102 Å². The lowest BCUT2D eigenvalue weighted by atomic mass is 10.1. The molecule has 1 N–H and O–H groups in total. The van der Waals surface area contributed by atoms with E-state index in [0.29, 0.717) is 37.6 Å². The zero-order valence-corrected chi connectivity index (χ0v) is 19.2. The summed E-state index contributed by atoms with van der Waals surface area (Å²) >= 11 is 7.16. The van der Waals surface area contributed by atoms with Gasteiger partial charge in [-0.15, -0.1) is 11.3 Å². The van der Waals surface area contributed by atoms with E-state index in [-0.39, 0.29) is 35.1 Å². The number of thiophene rings is 1. The molecule has 1 aromatic carbocycles. The summed E-state index contributed by atoms with van der Waals surface area (Å²) in [7, 11) is -3.23. The summed E-state index contributed by atoms with van der Waals surface area (Å²) in [5.74, 6) is -1.20. The van der Waals surface area contributed by atoms with Gasteiger partial charge in [-0.1, -0.05) is 11.6 Å². The zero-order chi connectivity index (χ0) is 22.3. The van der Waals surface area contributed by atoms with E-state index in [1.165, 1.54) is 0 Å². The Bertz CT molecular complexity index is 1330. The van der Waals surface area contributed by atoms with Crippen LogP contribution in [0.5, 0.6) is 0 Å². The minimum Gasteiger partial charge on any atom is -0.462 e. The first-order valence-electron chi connectivity index (χ1n) is 9.59. The molecule has 3 heterocycles. The lowest BCUT2D eigenvalue weighted by Gasteiger charge is -2.13. The Kier molecular flexibility index (Phi) is 5.76. The molecule has 0 saturated carbocycles. The maximum Gasteiger partial charge on any atom is 0.341 e. The number of rotatable bonds is 4. The van der Waals surface area contributed by atoms with E-state index in [1.54, 1.807) is 38.1 Å². The van der Waals surface area contributed by atoms with Gasteiger partial charge < -0.3 is 10.1 Å². The highest BCUT2D eigenvalue weighted by Gasteiger charge is 2.32. The molecule has 0 aliphatic carbocycles.